The fourth-order valence-corrected chi connectivity index (χ4v) is 15.3. The second kappa shape index (κ2) is 36.3. The lowest BCUT2D eigenvalue weighted by atomic mass is 9.78. The van der Waals surface area contributed by atoms with Crippen LogP contribution in [-0.4, -0.2) is 115 Å². The van der Waals surface area contributed by atoms with Crippen molar-refractivity contribution in [3.05, 3.63) is 170 Å². The van der Waals surface area contributed by atoms with Gasteiger partial charge in [0.25, 0.3) is 17.7 Å². The summed E-state index contributed by atoms with van der Waals surface area (Å²) in [6.07, 6.45) is 10.6. The zero-order chi connectivity index (χ0) is 88.3. The molecule has 630 valence electrons. The summed E-state index contributed by atoms with van der Waals surface area (Å²) in [4.78, 5) is 75.4. The topological polar surface area (TPSA) is 257 Å². The molecule has 0 aliphatic carbocycles. The summed E-state index contributed by atoms with van der Waals surface area (Å²) < 4.78 is 6.59. The summed E-state index contributed by atoms with van der Waals surface area (Å²) in [7, 11) is 4.83. The molecule has 0 radical (unpaired) electrons. The summed E-state index contributed by atoms with van der Waals surface area (Å²) in [5.41, 5.74) is 16.5. The van der Waals surface area contributed by atoms with E-state index in [1.165, 1.54) is 47.5 Å². The highest BCUT2D eigenvalue weighted by Crippen LogP contribution is 2.47. The number of hydrogen-bond donors (Lipinski definition) is 6. The third-order valence-corrected chi connectivity index (χ3v) is 22.3. The Labute approximate surface area is 704 Å². The zero-order valence-electron chi connectivity index (χ0n) is 75.2. The van der Waals surface area contributed by atoms with Crippen LogP contribution in [0.4, 0.5) is 0 Å². The fraction of sp³-hybridized carbons (Fsp3) is 0.495. The van der Waals surface area contributed by atoms with Gasteiger partial charge in [0.05, 0.1) is 28.6 Å². The summed E-state index contributed by atoms with van der Waals surface area (Å²) in [5, 5.41) is 61.8. The van der Waals surface area contributed by atoms with Gasteiger partial charge >= 0.3 is 11.9 Å². The number of phenolic OH excluding ortho intramolecular Hbond substituents is 5. The molecule has 5 aromatic rings. The maximum atomic E-state index is 12.2. The Kier molecular flexibility index (Phi) is 30.1. The molecular weight excluding hydrogens is 1520 g/mol. The summed E-state index contributed by atoms with van der Waals surface area (Å²) in [6.45, 7) is 63.3. The molecule has 5 aliphatic rings. The molecule has 21 heteroatoms. The third-order valence-electron chi connectivity index (χ3n) is 19.7. The van der Waals surface area contributed by atoms with Gasteiger partial charge in [-0.3, -0.25) is 24.5 Å². The molecule has 0 saturated carbocycles. The van der Waals surface area contributed by atoms with Crippen LogP contribution in [0.15, 0.2) is 96.7 Å². The van der Waals surface area contributed by atoms with Gasteiger partial charge in [0, 0.05) is 86.7 Å². The molecule has 10 rings (SSSR count). The average Bonchev–Trinajstić information content (AvgIpc) is 1.06. The highest BCUT2D eigenvalue weighted by molar-refractivity contribution is 8.18. The molecule has 3 fully saturated rings. The van der Waals surface area contributed by atoms with Crippen molar-refractivity contribution in [3.63, 3.8) is 0 Å². The van der Waals surface area contributed by atoms with Crippen LogP contribution < -0.4 is 5.32 Å². The van der Waals surface area contributed by atoms with Gasteiger partial charge in [0.1, 0.15) is 47.8 Å². The first-order valence-electron chi connectivity index (χ1n) is 39.4. The van der Waals surface area contributed by atoms with E-state index < -0.39 is 0 Å². The number of thioether (sulfide) groups is 3. The average molecular weight is 1650 g/mol. The van der Waals surface area contributed by atoms with E-state index in [0.29, 0.717) is 80.3 Å². The van der Waals surface area contributed by atoms with Gasteiger partial charge in [-0.2, -0.15) is 4.58 Å². The Morgan fingerprint density at radius 2 is 0.724 bits per heavy atom. The normalized spacial score (nSPS) is 18.1. The summed E-state index contributed by atoms with van der Waals surface area (Å²) >= 11 is 4.00. The molecule has 4 amide bonds. The fourth-order valence-electron chi connectivity index (χ4n) is 13.0. The third kappa shape index (κ3) is 25.2. The van der Waals surface area contributed by atoms with E-state index in [9.17, 15) is 49.5 Å². The Balaban J connectivity index is 0.000000226. The minimum absolute atomic E-state index is 0.0118. The maximum absolute atomic E-state index is 12.2. The zero-order valence-corrected chi connectivity index (χ0v) is 77.6. The first-order chi connectivity index (χ1) is 52.7. The van der Waals surface area contributed by atoms with Crippen molar-refractivity contribution in [2.24, 2.45) is 10.1 Å². The Morgan fingerprint density at radius 1 is 0.431 bits per heavy atom. The van der Waals surface area contributed by atoms with Crippen molar-refractivity contribution in [2.75, 3.05) is 34.4 Å². The standard InChI is InChI=1S/C20H29NO3.C19H26N2O3S.C19H25NO2S.C19H26O3.C18H23NO2S/c1-19(2,3)15-11-13(12-16(17(15)22)20(4,5)6)10-14-8-9-24-21(7)18(14)23;1-18(2,3)12-8-11(9-13(15(12)22)19(4,5)6)10-14-16(23)20-17(25-14)21-24-7;1-18(2,3)13-8-12(9-14(16(13)21)19(4,5)6)10-15-17(22)20(7)11-23-15;1-18(2,3)14-10-12(9-13-7-8-22-17(13)21)11-15(16(14)20)19(4,5)6;1-17(2,3)12-7-11(9-14-16(21)19-10-22-14)8-13(15(12)20)18(4,5)6/h10-12,22H,8-9H2,1-7H3;8-10,22H,1-7H3,(H,20,21,23);8-11H,1-7H3;9-11,20H,7-8H2,1-6H3;7-10,20H,1-6H3/p+1/b14-10+;14-10-;;13-9+;14-9-. The van der Waals surface area contributed by atoms with Crippen LogP contribution >= 0.6 is 35.3 Å². The van der Waals surface area contributed by atoms with Crippen LogP contribution in [0.1, 0.15) is 304 Å². The maximum Gasteiger partial charge on any atom is 0.426 e. The smallest absolute Gasteiger partial charge is 0.426 e. The molecule has 0 spiro atoms. The number of nitrogens with one attached hydrogen (secondary N) is 1. The number of hydrogen-bond acceptors (Lipinski definition) is 17. The highest BCUT2D eigenvalue weighted by atomic mass is 32.2. The van der Waals surface area contributed by atoms with Gasteiger partial charge < -0.3 is 35.1 Å². The molecule has 5 heterocycles. The Morgan fingerprint density at radius 3 is 0.991 bits per heavy atom. The number of hydroxylamine groups is 2. The predicted octanol–water partition coefficient (Wildman–Crippen LogP) is 21.5. The number of ether oxygens (including phenoxy) is 1. The second-order valence-corrected chi connectivity index (χ2v) is 43.2. The molecule has 5 aliphatic heterocycles. The van der Waals surface area contributed by atoms with E-state index in [4.69, 9.17) is 14.4 Å². The highest BCUT2D eigenvalue weighted by Gasteiger charge is 2.35. The molecule has 0 unspecified atom stereocenters. The number of esters is 1. The van der Waals surface area contributed by atoms with E-state index in [2.05, 4.69) is 223 Å². The van der Waals surface area contributed by atoms with Gasteiger partial charge in [-0.25, -0.2) is 19.6 Å². The lowest BCUT2D eigenvalue weighted by Crippen LogP contribution is -2.33. The molecule has 6 N–H and O–H groups in total. The molecule has 116 heavy (non-hydrogen) atoms. The SMILES string of the molecule is CC(C)(C)c1cc(/C=C2\CCOC2=O)cc(C(C)(C)C)c1O.CC(C)(C)c1cc(/C=C2\SC=NC2=O)cc(C(C)(C)C)c1O.CN1OCC/C(=C\c2cc(C(C)(C)C)c(O)c(C(C)(C)C)c2)C1=O.CON=C1NC(=O)/C(=C/c2cc(C(C)(C)C)c(O)c(C(C)(C)C)c2)S1.C[N+]1=CS/C(=C\c2cc(C(C)(C)C)c(O)c(C(C)(C)C)c2)C1=O. The van der Waals surface area contributed by atoms with Crippen molar-refractivity contribution in [3.8, 4) is 28.7 Å². The lowest BCUT2D eigenvalue weighted by Gasteiger charge is -2.28. The van der Waals surface area contributed by atoms with E-state index in [1.54, 1.807) is 24.2 Å². The van der Waals surface area contributed by atoms with E-state index in [0.717, 1.165) is 89.0 Å². The van der Waals surface area contributed by atoms with Crippen molar-refractivity contribution in [2.45, 2.75) is 275 Å². The van der Waals surface area contributed by atoms with Crippen molar-refractivity contribution < 1.29 is 68.5 Å². The minimum Gasteiger partial charge on any atom is -0.507 e. The number of cyclic esters (lactones) is 1. The quantitative estimate of drug-likeness (QED) is 0.0400. The van der Waals surface area contributed by atoms with Crippen molar-refractivity contribution >= 4 is 112 Å². The number of oxime groups is 1. The molecule has 0 aromatic heterocycles. The molecule has 18 nitrogen and oxygen atoms in total. The van der Waals surface area contributed by atoms with Crippen LogP contribution in [0.2, 0.25) is 0 Å². The van der Waals surface area contributed by atoms with Gasteiger partial charge in [-0.15, -0.1) is 0 Å². The van der Waals surface area contributed by atoms with Crippen LogP contribution in [-0.2, 0) is 92.5 Å². The number of rotatable bonds is 6. The van der Waals surface area contributed by atoms with Crippen molar-refractivity contribution in [1.29, 1.82) is 0 Å². The van der Waals surface area contributed by atoms with Gasteiger partial charge in [0.15, 0.2) is 0 Å². The van der Waals surface area contributed by atoms with Crippen LogP contribution in [0.25, 0.3) is 30.4 Å². The second-order valence-electron chi connectivity index (χ2n) is 40.4. The minimum atomic E-state index is -0.234. The molecule has 0 bridgehead atoms. The number of aromatic hydroxyl groups is 5. The first-order valence-corrected chi connectivity index (χ1v) is 42.0. The Hall–Kier alpha value is -8.63. The summed E-state index contributed by atoms with van der Waals surface area (Å²) in [5.74, 6) is 1.02. The van der Waals surface area contributed by atoms with Crippen molar-refractivity contribution in [1.82, 2.24) is 10.4 Å². The molecular formula is C95H130N5O13S3+. The first kappa shape index (κ1) is 96.2. The number of benzene rings is 5. The predicted molar refractivity (Wildman–Crippen MR) is 482 cm³/mol. The number of amidine groups is 1. The largest absolute Gasteiger partial charge is 0.507 e. The Bertz CT molecular complexity index is 4600. The molecule has 3 saturated heterocycles. The lowest BCUT2D eigenvalue weighted by molar-refractivity contribution is -0.404. The number of phenols is 5. The van der Waals surface area contributed by atoms with Gasteiger partial charge in [-0.1, -0.05) is 225 Å². The number of aliphatic imine (C=N–C) groups is 1. The number of carbonyl (C=O) groups excluding carboxylic acids is 5. The van der Waals surface area contributed by atoms with Crippen LogP contribution in [0.5, 0.6) is 28.7 Å². The molecule has 5 aromatic carbocycles. The number of likely N-dealkylation sites (N-methyl/N-ethyl adjacent to an activating group) is 2. The van der Waals surface area contributed by atoms with Crippen LogP contribution in [0, 0.1) is 0 Å². The van der Waals surface area contributed by atoms with Crippen LogP contribution in [0.3, 0.4) is 0 Å². The van der Waals surface area contributed by atoms with E-state index in [-0.39, 0.29) is 83.7 Å². The monoisotopic (exact) mass is 1640 g/mol. The van der Waals surface area contributed by atoms with E-state index >= 15 is 0 Å². The number of nitrogens with zero attached hydrogens (tertiary/aromatic N) is 4. The van der Waals surface area contributed by atoms with Gasteiger partial charge in [-0.05, 0) is 197 Å². The summed E-state index contributed by atoms with van der Waals surface area (Å²) in [6, 6.07) is 19.7. The number of amides is 4. The van der Waals surface area contributed by atoms with Gasteiger partial charge in [0.2, 0.25) is 10.7 Å². The van der Waals surface area contributed by atoms with E-state index in [1.807, 2.05) is 96.6 Å². The molecule has 0 atom stereocenters. The number of carbonyl (C=O) groups is 5.